The van der Waals surface area contributed by atoms with Gasteiger partial charge in [0, 0.05) is 39.7 Å². The third-order valence-electron chi connectivity index (χ3n) is 16.7. The summed E-state index contributed by atoms with van der Waals surface area (Å²) in [6, 6.07) is 74.6. The molecule has 0 saturated carbocycles. The van der Waals surface area contributed by atoms with Crippen molar-refractivity contribution in [2.24, 2.45) is 0 Å². The number of furan rings is 1. The Morgan fingerprint density at radius 3 is 1.94 bits per heavy atom. The number of hydrogen-bond donors (Lipinski definition) is 0. The third-order valence-corrected chi connectivity index (χ3v) is 16.7. The van der Waals surface area contributed by atoms with Crippen molar-refractivity contribution in [1.82, 2.24) is 4.98 Å². The van der Waals surface area contributed by atoms with Crippen LogP contribution >= 0.6 is 0 Å². The molecule has 10 aromatic carbocycles. The van der Waals surface area contributed by atoms with Gasteiger partial charge in [-0.15, -0.1) is 0 Å². The number of benzene rings is 10. The fraction of sp³-hybridized carbons (Fsp3) is 0.0676. The van der Waals surface area contributed by atoms with Crippen molar-refractivity contribution in [3.05, 3.63) is 295 Å². The molecule has 1 atom stereocenters. The summed E-state index contributed by atoms with van der Waals surface area (Å²) < 4.78 is 6.38. The summed E-state index contributed by atoms with van der Waals surface area (Å²) in [4.78, 5) is 7.69. The van der Waals surface area contributed by atoms with E-state index in [2.05, 4.69) is 273 Å². The molecule has 0 saturated heterocycles. The van der Waals surface area contributed by atoms with E-state index in [1.165, 1.54) is 99.3 Å². The van der Waals surface area contributed by atoms with Gasteiger partial charge in [0.25, 0.3) is 0 Å². The molecule has 1 unspecified atom stereocenters. The zero-order valence-corrected chi connectivity index (χ0v) is 42.9. The lowest BCUT2D eigenvalue weighted by molar-refractivity contribution is 0.669. The monoisotopic (exact) mass is 984 g/mol. The molecule has 3 heterocycles. The second-order valence-electron chi connectivity index (χ2n) is 20.8. The first-order chi connectivity index (χ1) is 38.1. The maximum absolute atomic E-state index is 6.38. The molecule has 364 valence electrons. The Bertz CT molecular complexity index is 4530. The van der Waals surface area contributed by atoms with Crippen LogP contribution in [0.25, 0.3) is 98.9 Å². The van der Waals surface area contributed by atoms with Gasteiger partial charge in [-0.2, -0.15) is 0 Å². The summed E-state index contributed by atoms with van der Waals surface area (Å²) in [6.45, 7) is 4.27. The summed E-state index contributed by atoms with van der Waals surface area (Å²) in [5.74, 6) is 0.289. The first kappa shape index (κ1) is 44.9. The molecule has 12 aromatic rings. The van der Waals surface area contributed by atoms with Gasteiger partial charge in [0.1, 0.15) is 11.2 Å². The number of rotatable bonds is 7. The van der Waals surface area contributed by atoms with Crippen LogP contribution in [0.5, 0.6) is 0 Å². The average molecular weight is 985 g/mol. The number of para-hydroxylation sites is 2. The van der Waals surface area contributed by atoms with Gasteiger partial charge in [-0.3, -0.25) is 4.98 Å². The molecule has 2 aliphatic carbocycles. The maximum Gasteiger partial charge on any atom is 0.136 e. The summed E-state index contributed by atoms with van der Waals surface area (Å²) >= 11 is 0. The second-order valence-corrected chi connectivity index (χ2v) is 20.8. The minimum Gasteiger partial charge on any atom is -0.456 e. The van der Waals surface area contributed by atoms with E-state index < -0.39 is 5.41 Å². The maximum atomic E-state index is 6.38. The lowest BCUT2D eigenvalue weighted by Crippen LogP contribution is -2.37. The molecule has 2 aromatic heterocycles. The minimum atomic E-state index is -0.538. The highest BCUT2D eigenvalue weighted by atomic mass is 16.3. The summed E-state index contributed by atoms with van der Waals surface area (Å²) in [5.41, 5.74) is 20.5. The fourth-order valence-corrected chi connectivity index (χ4v) is 13.3. The number of anilines is 2. The highest BCUT2D eigenvalue weighted by Gasteiger charge is 2.51. The molecular weight excluding hydrogens is 933 g/mol. The number of fused-ring (bicyclic) bond motifs is 15. The van der Waals surface area contributed by atoms with Crippen LogP contribution in [0.1, 0.15) is 54.0 Å². The SMILES string of the molecule is C\C=C/C=C\C=C(/C)N1c2ccccc2C2(c3ccccc3-c3cc(-c4c5ccccc5c(-c5ccc(-c6ccc7oc8cc9ccccc9cc8c7c6)nc5)c5ccc(C6C=CC=CC6)cc45)ccc32)c2ccccc21. The Kier molecular flexibility index (Phi) is 10.4. The van der Waals surface area contributed by atoms with Crippen LogP contribution in [0.3, 0.4) is 0 Å². The van der Waals surface area contributed by atoms with Crippen molar-refractivity contribution < 1.29 is 4.42 Å². The van der Waals surface area contributed by atoms with E-state index in [4.69, 9.17) is 9.40 Å². The molecular formula is C74H52N2O. The van der Waals surface area contributed by atoms with Gasteiger partial charge in [-0.1, -0.05) is 188 Å². The van der Waals surface area contributed by atoms with Crippen molar-refractivity contribution in [3.63, 3.8) is 0 Å². The van der Waals surface area contributed by atoms with E-state index in [1.54, 1.807) is 0 Å². The Balaban J connectivity index is 0.910. The van der Waals surface area contributed by atoms with Crippen molar-refractivity contribution >= 4 is 65.6 Å². The predicted molar refractivity (Wildman–Crippen MR) is 323 cm³/mol. The summed E-state index contributed by atoms with van der Waals surface area (Å²) in [5, 5.41) is 9.46. The van der Waals surface area contributed by atoms with Gasteiger partial charge in [-0.25, -0.2) is 0 Å². The van der Waals surface area contributed by atoms with Gasteiger partial charge < -0.3 is 9.32 Å². The van der Waals surface area contributed by atoms with Gasteiger partial charge in [0.05, 0.1) is 22.5 Å². The largest absolute Gasteiger partial charge is 0.456 e. The van der Waals surface area contributed by atoms with Crippen LogP contribution < -0.4 is 4.90 Å². The number of pyridine rings is 1. The molecule has 1 spiro atoms. The van der Waals surface area contributed by atoms with E-state index in [1.807, 2.05) is 6.92 Å². The highest BCUT2D eigenvalue weighted by Crippen LogP contribution is 2.63. The lowest BCUT2D eigenvalue weighted by atomic mass is 9.64. The quantitative estimate of drug-likeness (QED) is 0.118. The molecule has 0 amide bonds. The fourth-order valence-electron chi connectivity index (χ4n) is 13.3. The van der Waals surface area contributed by atoms with Crippen LogP contribution in [-0.2, 0) is 5.41 Å². The van der Waals surface area contributed by atoms with Gasteiger partial charge in [0.2, 0.25) is 0 Å². The van der Waals surface area contributed by atoms with Crippen LogP contribution in [-0.4, -0.2) is 4.98 Å². The Morgan fingerprint density at radius 2 is 1.18 bits per heavy atom. The van der Waals surface area contributed by atoms with E-state index in [0.717, 1.165) is 50.9 Å². The lowest BCUT2D eigenvalue weighted by Gasteiger charge is -2.45. The van der Waals surface area contributed by atoms with Crippen LogP contribution in [0.15, 0.2) is 271 Å². The smallest absolute Gasteiger partial charge is 0.136 e. The Hall–Kier alpha value is -9.57. The van der Waals surface area contributed by atoms with Crippen LogP contribution in [0.2, 0.25) is 0 Å². The number of allylic oxidation sites excluding steroid dienone is 10. The van der Waals surface area contributed by atoms with Gasteiger partial charge >= 0.3 is 0 Å². The molecule has 0 bridgehead atoms. The molecule has 1 aliphatic heterocycles. The average Bonchev–Trinajstić information content (AvgIpc) is 3.43. The van der Waals surface area contributed by atoms with E-state index in [9.17, 15) is 0 Å². The summed E-state index contributed by atoms with van der Waals surface area (Å²) in [7, 11) is 0. The van der Waals surface area contributed by atoms with Crippen LogP contribution in [0, 0.1) is 0 Å². The van der Waals surface area contributed by atoms with E-state index >= 15 is 0 Å². The Labute approximate surface area is 448 Å². The number of hydrogen-bond acceptors (Lipinski definition) is 3. The van der Waals surface area contributed by atoms with Crippen molar-refractivity contribution in [2.75, 3.05) is 4.90 Å². The molecule has 0 radical (unpaired) electrons. The van der Waals surface area contributed by atoms with Crippen LogP contribution in [0.4, 0.5) is 11.4 Å². The summed E-state index contributed by atoms with van der Waals surface area (Å²) in [6.07, 6.45) is 22.6. The normalized spacial score (nSPS) is 15.4. The molecule has 0 N–H and O–H groups in total. The minimum absolute atomic E-state index is 0.289. The first-order valence-electron chi connectivity index (χ1n) is 26.9. The molecule has 77 heavy (non-hydrogen) atoms. The Morgan fingerprint density at radius 1 is 0.519 bits per heavy atom. The molecule has 0 fully saturated rings. The first-order valence-corrected chi connectivity index (χ1v) is 26.9. The van der Waals surface area contributed by atoms with Gasteiger partial charge in [-0.05, 0) is 175 Å². The zero-order valence-electron chi connectivity index (χ0n) is 42.9. The third kappa shape index (κ3) is 6.86. The molecule has 3 heteroatoms. The standard InChI is InChI=1S/C74H52N2O/c1-3-4-5-7-20-47(2)76-68-31-18-16-29-65(68)74(66-30-17-19-32-69(66)76)63-28-15-14-25-55(63)59-44-53(34-38-64(59)74)72-56-26-12-13-27-57(56)73(58-37-33-51(42-62(58)72)48-21-8-6-9-22-48)54-35-39-67(75-46-54)52-36-40-70-60(43-52)61-41-49-23-10-11-24-50(49)45-71(61)77-70/h3-21,23-46,48H,22H2,1-2H3/b4-3-,7-5-,47-20+. The van der Waals surface area contributed by atoms with E-state index in [-0.39, 0.29) is 5.92 Å². The molecule has 3 nitrogen and oxygen atoms in total. The second kappa shape index (κ2) is 17.8. The number of nitrogens with zero attached hydrogens (tertiary/aromatic N) is 2. The van der Waals surface area contributed by atoms with Crippen molar-refractivity contribution in [2.45, 2.75) is 31.6 Å². The van der Waals surface area contributed by atoms with Crippen molar-refractivity contribution in [1.29, 1.82) is 0 Å². The topological polar surface area (TPSA) is 29.3 Å². The zero-order chi connectivity index (χ0) is 51.2. The number of aromatic nitrogens is 1. The molecule has 3 aliphatic rings. The highest BCUT2D eigenvalue weighted by molar-refractivity contribution is 6.22. The van der Waals surface area contributed by atoms with Gasteiger partial charge in [0.15, 0.2) is 0 Å². The predicted octanol–water partition coefficient (Wildman–Crippen LogP) is 19.9. The van der Waals surface area contributed by atoms with Crippen molar-refractivity contribution in [3.8, 4) is 44.6 Å². The van der Waals surface area contributed by atoms with E-state index in [0.29, 0.717) is 0 Å². The molecule has 15 rings (SSSR count).